The first-order valence-electron chi connectivity index (χ1n) is 8.47. The lowest BCUT2D eigenvalue weighted by Crippen LogP contribution is -2.27. The molecule has 4 rings (SSSR count). The van der Waals surface area contributed by atoms with Crippen LogP contribution in [0.25, 0.3) is 11.1 Å². The Morgan fingerprint density at radius 2 is 1.92 bits per heavy atom. The third kappa shape index (κ3) is 2.98. The molecule has 1 aromatic heterocycles. The minimum Gasteiger partial charge on any atom is -0.312 e. The van der Waals surface area contributed by atoms with Gasteiger partial charge in [0.2, 0.25) is 5.91 Å². The van der Waals surface area contributed by atoms with E-state index in [2.05, 4.69) is 10.2 Å². The highest BCUT2D eigenvalue weighted by molar-refractivity contribution is 5.97. The van der Waals surface area contributed by atoms with Gasteiger partial charge < -0.3 is 4.90 Å². The number of H-pyrrole nitrogens is 1. The van der Waals surface area contributed by atoms with Crippen LogP contribution >= 0.6 is 0 Å². The molecule has 1 saturated heterocycles. The maximum Gasteiger partial charge on any atom is 0.230 e. The highest BCUT2D eigenvalue weighted by Gasteiger charge is 2.33. The van der Waals surface area contributed by atoms with Crippen molar-refractivity contribution in [1.82, 2.24) is 10.2 Å². The summed E-state index contributed by atoms with van der Waals surface area (Å²) in [5.74, 6) is -2.12. The number of anilines is 1. The molecule has 1 N–H and O–H groups in total. The van der Waals surface area contributed by atoms with Crippen LogP contribution in [0.15, 0.2) is 54.9 Å². The first-order chi connectivity index (χ1) is 12.6. The van der Waals surface area contributed by atoms with Gasteiger partial charge in [0.15, 0.2) is 11.6 Å². The number of nitrogens with zero attached hydrogens (tertiary/aromatic N) is 2. The molecule has 1 unspecified atom stereocenters. The van der Waals surface area contributed by atoms with Crippen molar-refractivity contribution < 1.29 is 13.6 Å². The third-order valence-electron chi connectivity index (χ3n) is 4.82. The van der Waals surface area contributed by atoms with Gasteiger partial charge in [0, 0.05) is 29.9 Å². The van der Waals surface area contributed by atoms with Gasteiger partial charge in [-0.15, -0.1) is 0 Å². The SMILES string of the molecule is O=C1C(Cc2cccc(F)c2F)CCN1c1ccc(-c2cn[nH]c2)cc1. The summed E-state index contributed by atoms with van der Waals surface area (Å²) < 4.78 is 27.2. The first kappa shape index (κ1) is 16.4. The summed E-state index contributed by atoms with van der Waals surface area (Å²) >= 11 is 0. The van der Waals surface area contributed by atoms with E-state index in [1.54, 1.807) is 17.3 Å². The zero-order chi connectivity index (χ0) is 18.1. The molecule has 2 heterocycles. The monoisotopic (exact) mass is 353 g/mol. The number of aromatic nitrogens is 2. The van der Waals surface area contributed by atoms with E-state index < -0.39 is 11.6 Å². The van der Waals surface area contributed by atoms with Crippen LogP contribution in [0.3, 0.4) is 0 Å². The van der Waals surface area contributed by atoms with E-state index in [1.165, 1.54) is 12.1 Å². The Hall–Kier alpha value is -3.02. The lowest BCUT2D eigenvalue weighted by molar-refractivity contribution is -0.120. The van der Waals surface area contributed by atoms with E-state index >= 15 is 0 Å². The Morgan fingerprint density at radius 3 is 2.65 bits per heavy atom. The highest BCUT2D eigenvalue weighted by Crippen LogP contribution is 2.30. The van der Waals surface area contributed by atoms with Gasteiger partial charge in [-0.1, -0.05) is 24.3 Å². The van der Waals surface area contributed by atoms with Gasteiger partial charge in [-0.25, -0.2) is 8.78 Å². The molecule has 2 aromatic carbocycles. The van der Waals surface area contributed by atoms with E-state index in [0.29, 0.717) is 13.0 Å². The molecule has 26 heavy (non-hydrogen) atoms. The molecule has 0 radical (unpaired) electrons. The van der Waals surface area contributed by atoms with Crippen molar-refractivity contribution >= 4 is 11.6 Å². The average molecular weight is 353 g/mol. The van der Waals surface area contributed by atoms with Crippen LogP contribution in [0.4, 0.5) is 14.5 Å². The van der Waals surface area contributed by atoms with Crippen LogP contribution < -0.4 is 4.90 Å². The topological polar surface area (TPSA) is 49.0 Å². The fourth-order valence-electron chi connectivity index (χ4n) is 3.40. The number of rotatable bonds is 4. The Balaban J connectivity index is 1.49. The number of hydrogen-bond acceptors (Lipinski definition) is 2. The number of halogens is 2. The van der Waals surface area contributed by atoms with E-state index in [4.69, 9.17) is 0 Å². The predicted molar refractivity (Wildman–Crippen MR) is 94.5 cm³/mol. The standard InChI is InChI=1S/C20H17F2N3O/c21-18-3-1-2-14(19(18)22)10-15-8-9-25(20(15)26)17-6-4-13(5-7-17)16-11-23-24-12-16/h1-7,11-12,15H,8-10H2,(H,23,24). The number of benzene rings is 2. The average Bonchev–Trinajstić information content (AvgIpc) is 3.30. The molecular formula is C20H17F2N3O. The summed E-state index contributed by atoms with van der Waals surface area (Å²) in [7, 11) is 0. The highest BCUT2D eigenvalue weighted by atomic mass is 19.2. The van der Waals surface area contributed by atoms with E-state index in [-0.39, 0.29) is 23.8 Å². The predicted octanol–water partition coefficient (Wildman–Crippen LogP) is 3.95. The summed E-state index contributed by atoms with van der Waals surface area (Å²) in [6.45, 7) is 0.575. The molecule has 6 heteroatoms. The van der Waals surface area contributed by atoms with Gasteiger partial charge >= 0.3 is 0 Å². The van der Waals surface area contributed by atoms with Crippen molar-refractivity contribution in [2.24, 2.45) is 5.92 Å². The summed E-state index contributed by atoms with van der Waals surface area (Å²) in [6.07, 6.45) is 4.38. The largest absolute Gasteiger partial charge is 0.312 e. The second-order valence-corrected chi connectivity index (χ2v) is 6.43. The second kappa shape index (κ2) is 6.71. The minimum atomic E-state index is -0.875. The number of hydrogen-bond donors (Lipinski definition) is 1. The molecule has 1 aliphatic heterocycles. The zero-order valence-corrected chi connectivity index (χ0v) is 14.0. The molecule has 0 bridgehead atoms. The zero-order valence-electron chi connectivity index (χ0n) is 14.0. The van der Waals surface area contributed by atoms with Gasteiger partial charge in [0.1, 0.15) is 0 Å². The maximum atomic E-state index is 13.9. The molecule has 4 nitrogen and oxygen atoms in total. The number of nitrogens with one attached hydrogen (secondary N) is 1. The van der Waals surface area contributed by atoms with E-state index in [1.807, 2.05) is 24.3 Å². The minimum absolute atomic E-state index is 0.0512. The summed E-state index contributed by atoms with van der Waals surface area (Å²) in [6, 6.07) is 11.8. The smallest absolute Gasteiger partial charge is 0.230 e. The van der Waals surface area contributed by atoms with Crippen molar-refractivity contribution in [2.45, 2.75) is 12.8 Å². The molecule has 0 aliphatic carbocycles. The van der Waals surface area contributed by atoms with Crippen molar-refractivity contribution in [3.63, 3.8) is 0 Å². The van der Waals surface area contributed by atoms with Gasteiger partial charge in [-0.05, 0) is 42.2 Å². The molecule has 1 amide bonds. The van der Waals surface area contributed by atoms with E-state index in [9.17, 15) is 13.6 Å². The van der Waals surface area contributed by atoms with E-state index in [0.717, 1.165) is 22.9 Å². The van der Waals surface area contributed by atoms with Gasteiger partial charge in [0.05, 0.1) is 6.20 Å². The van der Waals surface area contributed by atoms with Crippen molar-refractivity contribution in [3.05, 3.63) is 72.1 Å². The molecule has 132 valence electrons. The Morgan fingerprint density at radius 1 is 1.12 bits per heavy atom. The fourth-order valence-corrected chi connectivity index (χ4v) is 3.40. The quantitative estimate of drug-likeness (QED) is 0.772. The molecule has 1 atom stereocenters. The van der Waals surface area contributed by atoms with Crippen molar-refractivity contribution in [2.75, 3.05) is 11.4 Å². The van der Waals surface area contributed by atoms with Crippen LogP contribution in [0, 0.1) is 17.6 Å². The molecule has 1 aliphatic rings. The molecule has 1 fully saturated rings. The molecule has 0 saturated carbocycles. The number of carbonyl (C=O) groups is 1. The Bertz CT molecular complexity index is 923. The lowest BCUT2D eigenvalue weighted by Gasteiger charge is -2.17. The fraction of sp³-hybridized carbons (Fsp3) is 0.200. The summed E-state index contributed by atoms with van der Waals surface area (Å²) in [4.78, 5) is 14.4. The van der Waals surface area contributed by atoms with Crippen molar-refractivity contribution in [1.29, 1.82) is 0 Å². The molecular weight excluding hydrogens is 336 g/mol. The maximum absolute atomic E-state index is 13.9. The van der Waals surface area contributed by atoms with Gasteiger partial charge in [-0.2, -0.15) is 5.10 Å². The lowest BCUT2D eigenvalue weighted by atomic mass is 9.97. The van der Waals surface area contributed by atoms with Crippen LogP contribution in [-0.4, -0.2) is 22.6 Å². The Kier molecular flexibility index (Phi) is 4.24. The van der Waals surface area contributed by atoms with Gasteiger partial charge in [-0.3, -0.25) is 9.89 Å². The normalized spacial score (nSPS) is 17.1. The summed E-state index contributed by atoms with van der Waals surface area (Å²) in [5.41, 5.74) is 3.04. The first-order valence-corrected chi connectivity index (χ1v) is 8.47. The van der Waals surface area contributed by atoms with Gasteiger partial charge in [0.25, 0.3) is 0 Å². The number of aromatic amines is 1. The van der Waals surface area contributed by atoms with Crippen LogP contribution in [-0.2, 0) is 11.2 Å². The number of carbonyl (C=O) groups excluding carboxylic acids is 1. The van der Waals surface area contributed by atoms with Crippen molar-refractivity contribution in [3.8, 4) is 11.1 Å². The second-order valence-electron chi connectivity index (χ2n) is 6.43. The summed E-state index contributed by atoms with van der Waals surface area (Å²) in [5, 5.41) is 6.70. The molecule has 0 spiro atoms. The van der Waals surface area contributed by atoms with Crippen LogP contribution in [0.5, 0.6) is 0 Å². The molecule has 3 aromatic rings. The van der Waals surface area contributed by atoms with Crippen LogP contribution in [0.1, 0.15) is 12.0 Å². The Labute approximate surface area is 149 Å². The van der Waals surface area contributed by atoms with Crippen LogP contribution in [0.2, 0.25) is 0 Å². The third-order valence-corrected chi connectivity index (χ3v) is 4.82. The number of amides is 1.